The van der Waals surface area contributed by atoms with Gasteiger partial charge in [-0.25, -0.2) is 4.79 Å². The number of rotatable bonds is 7. The van der Waals surface area contributed by atoms with E-state index in [9.17, 15) is 31.1 Å². The standard InChI is InChI=1S/C27H24ClF3N2O3.C2HF3O2/c1-16-24(26(34)25(28)17(2)32-16)20-8-6-19(7-9-20)23-13-12-22(35-23)15-33(3)14-18-4-10-21(11-5-18)36-27(29,30)31;3-2(4,5)1(6)7/h4-13H,14-15H2,1-3H3,(H,32,34);(H,6,7). The molecule has 2 aromatic heterocycles. The van der Waals surface area contributed by atoms with Gasteiger partial charge in [-0.1, -0.05) is 48.0 Å². The third kappa shape index (κ3) is 9.38. The number of ether oxygens (including phenoxy) is 1. The largest absolute Gasteiger partial charge is 0.573 e. The molecule has 0 bridgehead atoms. The Morgan fingerprint density at radius 2 is 1.47 bits per heavy atom. The van der Waals surface area contributed by atoms with Crippen molar-refractivity contribution in [3.05, 3.63) is 98.6 Å². The van der Waals surface area contributed by atoms with E-state index in [1.165, 1.54) is 12.1 Å². The molecule has 0 saturated heterocycles. The first-order chi connectivity index (χ1) is 19.9. The highest BCUT2D eigenvalue weighted by molar-refractivity contribution is 6.31. The van der Waals surface area contributed by atoms with Gasteiger partial charge in [-0.15, -0.1) is 13.2 Å². The maximum Gasteiger partial charge on any atom is 0.573 e. The average molecular weight is 631 g/mol. The van der Waals surface area contributed by atoms with Gasteiger partial charge < -0.3 is 19.2 Å². The number of alkyl halides is 6. The summed E-state index contributed by atoms with van der Waals surface area (Å²) in [5.74, 6) is -1.58. The first-order valence-electron chi connectivity index (χ1n) is 12.4. The SMILES string of the molecule is Cc1[nH]c(C)c(-c2ccc(-c3ccc(CN(C)Cc4ccc(OC(F)(F)F)cc4)o3)cc2)c(=O)c1Cl.O=C(O)C(F)(F)F. The summed E-state index contributed by atoms with van der Waals surface area (Å²) in [7, 11) is 1.89. The summed E-state index contributed by atoms with van der Waals surface area (Å²) in [6.45, 7) is 4.63. The van der Waals surface area contributed by atoms with E-state index >= 15 is 0 Å². The Kier molecular flexibility index (Phi) is 10.4. The molecule has 7 nitrogen and oxygen atoms in total. The summed E-state index contributed by atoms with van der Waals surface area (Å²) in [5, 5.41) is 7.31. The van der Waals surface area contributed by atoms with Crippen molar-refractivity contribution in [2.75, 3.05) is 7.05 Å². The fraction of sp³-hybridized carbons (Fsp3) is 0.241. The highest BCUT2D eigenvalue weighted by atomic mass is 35.5. The van der Waals surface area contributed by atoms with Crippen LogP contribution in [0.5, 0.6) is 5.75 Å². The maximum absolute atomic E-state index is 12.6. The number of H-pyrrole nitrogens is 1. The molecule has 0 saturated carbocycles. The van der Waals surface area contributed by atoms with Crippen molar-refractivity contribution in [1.82, 2.24) is 9.88 Å². The van der Waals surface area contributed by atoms with Crippen molar-refractivity contribution in [2.24, 2.45) is 0 Å². The fourth-order valence-corrected chi connectivity index (χ4v) is 4.19. The van der Waals surface area contributed by atoms with Gasteiger partial charge in [0.05, 0.1) is 6.54 Å². The van der Waals surface area contributed by atoms with E-state index in [-0.39, 0.29) is 16.2 Å². The number of aryl methyl sites for hydroxylation is 2. The third-order valence-electron chi connectivity index (χ3n) is 5.90. The zero-order valence-electron chi connectivity index (χ0n) is 22.9. The Labute approximate surface area is 246 Å². The number of aromatic nitrogens is 1. The second kappa shape index (κ2) is 13.4. The second-order valence-corrected chi connectivity index (χ2v) is 9.78. The summed E-state index contributed by atoms with van der Waals surface area (Å²) in [6, 6.07) is 17.0. The number of carbonyl (C=O) groups is 1. The number of carboxylic acids is 1. The number of aliphatic carboxylic acids is 1. The molecule has 0 fully saturated rings. The Balaban J connectivity index is 0.000000646. The molecule has 4 rings (SSSR count). The molecular weight excluding hydrogens is 606 g/mol. The minimum Gasteiger partial charge on any atom is -0.475 e. The molecule has 0 amide bonds. The van der Waals surface area contributed by atoms with Crippen LogP contribution < -0.4 is 10.2 Å². The van der Waals surface area contributed by atoms with E-state index < -0.39 is 18.5 Å². The lowest BCUT2D eigenvalue weighted by Crippen LogP contribution is -2.21. The van der Waals surface area contributed by atoms with E-state index in [2.05, 4.69) is 9.72 Å². The zero-order chi connectivity index (χ0) is 32.1. The number of hydrogen-bond acceptors (Lipinski definition) is 5. The highest BCUT2D eigenvalue weighted by Crippen LogP contribution is 2.28. The smallest absolute Gasteiger partial charge is 0.475 e. The lowest BCUT2D eigenvalue weighted by Gasteiger charge is -2.16. The molecule has 4 aromatic rings. The van der Waals surface area contributed by atoms with Crippen LogP contribution in [0.25, 0.3) is 22.5 Å². The molecule has 2 heterocycles. The van der Waals surface area contributed by atoms with Gasteiger partial charge in [0.1, 0.15) is 22.3 Å². The molecule has 0 aliphatic rings. The maximum atomic E-state index is 12.6. The van der Waals surface area contributed by atoms with Crippen LogP contribution in [0.4, 0.5) is 26.3 Å². The Morgan fingerprint density at radius 3 is 2.00 bits per heavy atom. The van der Waals surface area contributed by atoms with Gasteiger partial charge in [-0.2, -0.15) is 13.2 Å². The summed E-state index contributed by atoms with van der Waals surface area (Å²) in [5.41, 5.74) is 4.19. The monoisotopic (exact) mass is 630 g/mol. The second-order valence-electron chi connectivity index (χ2n) is 9.40. The number of furan rings is 1. The molecule has 2 N–H and O–H groups in total. The molecule has 0 radical (unpaired) electrons. The van der Waals surface area contributed by atoms with Gasteiger partial charge in [-0.3, -0.25) is 9.69 Å². The first-order valence-corrected chi connectivity index (χ1v) is 12.7. The highest BCUT2D eigenvalue weighted by Gasteiger charge is 2.38. The van der Waals surface area contributed by atoms with E-state index in [1.54, 1.807) is 19.1 Å². The Morgan fingerprint density at radius 1 is 0.907 bits per heavy atom. The van der Waals surface area contributed by atoms with Crippen LogP contribution in [-0.2, 0) is 17.9 Å². The quantitative estimate of drug-likeness (QED) is 0.203. The van der Waals surface area contributed by atoms with Crippen molar-refractivity contribution in [3.63, 3.8) is 0 Å². The van der Waals surface area contributed by atoms with Crippen LogP contribution in [-0.4, -0.2) is 40.5 Å². The molecule has 230 valence electrons. The van der Waals surface area contributed by atoms with E-state index in [4.69, 9.17) is 25.9 Å². The minimum atomic E-state index is -5.08. The van der Waals surface area contributed by atoms with Gasteiger partial charge in [0.25, 0.3) is 0 Å². The van der Waals surface area contributed by atoms with Crippen LogP contribution in [0.3, 0.4) is 0 Å². The molecule has 43 heavy (non-hydrogen) atoms. The molecule has 0 spiro atoms. The topological polar surface area (TPSA) is 95.8 Å². The van der Waals surface area contributed by atoms with Crippen molar-refractivity contribution in [1.29, 1.82) is 0 Å². The summed E-state index contributed by atoms with van der Waals surface area (Å²) < 4.78 is 78.6. The van der Waals surface area contributed by atoms with E-state index in [1.807, 2.05) is 55.3 Å². The zero-order valence-corrected chi connectivity index (χ0v) is 23.6. The third-order valence-corrected chi connectivity index (χ3v) is 6.36. The van der Waals surface area contributed by atoms with Gasteiger partial charge in [-0.05, 0) is 56.3 Å². The Hall–Kier alpha value is -4.23. The number of nitrogens with one attached hydrogen (secondary N) is 1. The normalized spacial score (nSPS) is 11.7. The molecule has 0 atom stereocenters. The van der Waals surface area contributed by atoms with Crippen molar-refractivity contribution < 1.29 is 45.4 Å². The number of pyridine rings is 1. The molecule has 0 aliphatic heterocycles. The Bertz CT molecular complexity index is 1610. The fourth-order valence-electron chi connectivity index (χ4n) is 4.05. The number of benzene rings is 2. The summed E-state index contributed by atoms with van der Waals surface area (Å²) in [4.78, 5) is 26.7. The van der Waals surface area contributed by atoms with Crippen LogP contribution >= 0.6 is 11.6 Å². The minimum absolute atomic E-state index is 0.185. The first kappa shape index (κ1) is 33.3. The molecule has 14 heteroatoms. The summed E-state index contributed by atoms with van der Waals surface area (Å²) in [6.07, 6.45) is -9.79. The van der Waals surface area contributed by atoms with Crippen LogP contribution in [0.1, 0.15) is 22.7 Å². The van der Waals surface area contributed by atoms with E-state index in [0.717, 1.165) is 28.1 Å². The lowest BCUT2D eigenvalue weighted by atomic mass is 10.0. The molecule has 0 aliphatic carbocycles. The van der Waals surface area contributed by atoms with Crippen molar-refractivity contribution in [2.45, 2.75) is 39.5 Å². The number of aromatic amines is 1. The van der Waals surface area contributed by atoms with Crippen LogP contribution in [0.2, 0.25) is 5.02 Å². The predicted molar refractivity (Wildman–Crippen MR) is 147 cm³/mol. The molecule has 0 unspecified atom stereocenters. The predicted octanol–water partition coefficient (Wildman–Crippen LogP) is 7.74. The van der Waals surface area contributed by atoms with Gasteiger partial charge >= 0.3 is 18.5 Å². The van der Waals surface area contributed by atoms with Crippen molar-refractivity contribution >= 4 is 17.6 Å². The average Bonchev–Trinajstić information content (AvgIpc) is 3.36. The van der Waals surface area contributed by atoms with Gasteiger partial charge in [0, 0.05) is 29.1 Å². The summed E-state index contributed by atoms with van der Waals surface area (Å²) >= 11 is 6.15. The van der Waals surface area contributed by atoms with Crippen LogP contribution in [0, 0.1) is 13.8 Å². The number of hydrogen-bond donors (Lipinski definition) is 2. The van der Waals surface area contributed by atoms with Crippen molar-refractivity contribution in [3.8, 4) is 28.2 Å². The van der Waals surface area contributed by atoms with E-state index in [0.29, 0.717) is 30.1 Å². The number of carboxylic acid groups (broad SMARTS) is 1. The number of halogens is 7. The molecule has 2 aromatic carbocycles. The van der Waals surface area contributed by atoms with Gasteiger partial charge in [0.2, 0.25) is 5.43 Å². The number of nitrogens with zero attached hydrogens (tertiary/aromatic N) is 1. The van der Waals surface area contributed by atoms with Crippen LogP contribution in [0.15, 0.2) is 69.9 Å². The lowest BCUT2D eigenvalue weighted by molar-refractivity contribution is -0.274. The van der Waals surface area contributed by atoms with Gasteiger partial charge in [0.15, 0.2) is 0 Å². The molecular formula is C29H25ClF6N2O5.